The molecule has 4 N–H and O–H groups in total. The van der Waals surface area contributed by atoms with Gasteiger partial charge < -0.3 is 20.9 Å². The second-order valence-electron chi connectivity index (χ2n) is 7.72. The molecule has 4 rings (SSSR count). The number of nitrogens with one attached hydrogen (secondary N) is 2. The monoisotopic (exact) mass is 443 g/mol. The number of hydrogen-bond acceptors (Lipinski definition) is 7. The van der Waals surface area contributed by atoms with Gasteiger partial charge in [-0.25, -0.2) is 9.97 Å². The van der Waals surface area contributed by atoms with Crippen molar-refractivity contribution in [1.82, 2.24) is 19.9 Å². The van der Waals surface area contributed by atoms with E-state index in [4.69, 9.17) is 5.73 Å². The third-order valence-electron chi connectivity index (χ3n) is 5.14. The molecule has 3 aromatic rings. The number of aromatic nitrogens is 4. The Hall–Kier alpha value is -2.52. The molecule has 1 saturated heterocycles. The maximum atomic E-state index is 11.7. The Morgan fingerprint density at radius 3 is 2.82 bits per heavy atom. The lowest BCUT2D eigenvalue weighted by Crippen LogP contribution is -2.42. The van der Waals surface area contributed by atoms with Crippen LogP contribution in [0.15, 0.2) is 39.9 Å². The molecule has 0 bridgehead atoms. The summed E-state index contributed by atoms with van der Waals surface area (Å²) in [5, 5.41) is 3.82. The average molecular weight is 444 g/mol. The first-order valence-corrected chi connectivity index (χ1v) is 9.91. The minimum absolute atomic E-state index is 0.173. The third kappa shape index (κ3) is 3.85. The van der Waals surface area contributed by atoms with Crippen molar-refractivity contribution in [2.75, 3.05) is 23.3 Å². The Balaban J connectivity index is 1.48. The Kier molecular flexibility index (Phi) is 4.80. The molecule has 1 unspecified atom stereocenters. The number of fused-ring (bicyclic) bond motifs is 1. The Morgan fingerprint density at radius 1 is 1.32 bits per heavy atom. The summed E-state index contributed by atoms with van der Waals surface area (Å²) in [4.78, 5) is 29.9. The SMILES string of the molecule is CC(C)(N)C1CCN(c2ccc(Nc3ncc4cc(Br)c(=O)[nH]c4n3)nc2)C1. The number of nitrogens with zero attached hydrogens (tertiary/aromatic N) is 4. The average Bonchev–Trinajstić information content (AvgIpc) is 3.14. The molecule has 1 aliphatic rings. The normalized spacial score (nSPS) is 17.3. The van der Waals surface area contributed by atoms with Crippen molar-refractivity contribution in [3.05, 3.63) is 45.4 Å². The highest BCUT2D eigenvalue weighted by molar-refractivity contribution is 9.10. The number of nitrogens with two attached hydrogens (primary N) is 1. The fourth-order valence-electron chi connectivity index (χ4n) is 3.39. The van der Waals surface area contributed by atoms with E-state index in [1.807, 2.05) is 18.3 Å². The van der Waals surface area contributed by atoms with E-state index in [-0.39, 0.29) is 11.1 Å². The second kappa shape index (κ2) is 7.14. The number of aromatic amines is 1. The number of anilines is 3. The molecule has 8 nitrogen and oxygen atoms in total. The van der Waals surface area contributed by atoms with Gasteiger partial charge in [-0.1, -0.05) is 0 Å². The third-order valence-corrected chi connectivity index (χ3v) is 5.73. The van der Waals surface area contributed by atoms with Crippen LogP contribution in [0.3, 0.4) is 0 Å². The number of pyridine rings is 2. The Bertz CT molecular complexity index is 1060. The van der Waals surface area contributed by atoms with Crippen molar-refractivity contribution >= 4 is 44.4 Å². The number of halogens is 1. The van der Waals surface area contributed by atoms with E-state index >= 15 is 0 Å². The highest BCUT2D eigenvalue weighted by Crippen LogP contribution is 2.29. The van der Waals surface area contributed by atoms with Gasteiger partial charge in [0.15, 0.2) is 0 Å². The quantitative estimate of drug-likeness (QED) is 0.567. The van der Waals surface area contributed by atoms with Crippen molar-refractivity contribution < 1.29 is 0 Å². The van der Waals surface area contributed by atoms with Crippen molar-refractivity contribution in [3.8, 4) is 0 Å². The molecule has 1 aliphatic heterocycles. The highest BCUT2D eigenvalue weighted by Gasteiger charge is 2.32. The van der Waals surface area contributed by atoms with Crippen LogP contribution in [0.25, 0.3) is 11.0 Å². The molecular formula is C19H22BrN7O. The minimum atomic E-state index is -0.232. The molecule has 0 spiro atoms. The molecule has 3 aromatic heterocycles. The smallest absolute Gasteiger partial charge is 0.263 e. The van der Waals surface area contributed by atoms with Crippen LogP contribution in [0.4, 0.5) is 17.5 Å². The lowest BCUT2D eigenvalue weighted by atomic mass is 9.88. The lowest BCUT2D eigenvalue weighted by Gasteiger charge is -2.27. The zero-order valence-electron chi connectivity index (χ0n) is 15.7. The van der Waals surface area contributed by atoms with Crippen LogP contribution < -0.4 is 21.5 Å². The van der Waals surface area contributed by atoms with Gasteiger partial charge in [0, 0.05) is 30.2 Å². The molecule has 146 valence electrons. The molecule has 0 radical (unpaired) electrons. The molecule has 0 aliphatic carbocycles. The van der Waals surface area contributed by atoms with Crippen LogP contribution >= 0.6 is 15.9 Å². The van der Waals surface area contributed by atoms with Crippen molar-refractivity contribution in [1.29, 1.82) is 0 Å². The fourth-order valence-corrected chi connectivity index (χ4v) is 3.74. The van der Waals surface area contributed by atoms with Gasteiger partial charge in [0.2, 0.25) is 5.95 Å². The van der Waals surface area contributed by atoms with E-state index in [2.05, 4.69) is 59.9 Å². The number of H-pyrrole nitrogens is 1. The van der Waals surface area contributed by atoms with E-state index in [1.165, 1.54) is 0 Å². The fraction of sp³-hybridized carbons (Fsp3) is 0.368. The second-order valence-corrected chi connectivity index (χ2v) is 8.58. The summed E-state index contributed by atoms with van der Waals surface area (Å²) >= 11 is 3.20. The summed E-state index contributed by atoms with van der Waals surface area (Å²) in [5.74, 6) is 1.48. The molecular weight excluding hydrogens is 422 g/mol. The Morgan fingerprint density at radius 2 is 2.14 bits per heavy atom. The van der Waals surface area contributed by atoms with Gasteiger partial charge in [0.05, 0.1) is 16.4 Å². The van der Waals surface area contributed by atoms with Crippen LogP contribution in [0.5, 0.6) is 0 Å². The summed E-state index contributed by atoms with van der Waals surface area (Å²) in [6, 6.07) is 5.62. The molecule has 0 amide bonds. The van der Waals surface area contributed by atoms with Gasteiger partial charge in [-0.3, -0.25) is 4.79 Å². The molecule has 28 heavy (non-hydrogen) atoms. The summed E-state index contributed by atoms with van der Waals surface area (Å²) in [6.45, 7) is 6.09. The van der Waals surface area contributed by atoms with Crippen LogP contribution in [0.1, 0.15) is 20.3 Å². The first-order valence-electron chi connectivity index (χ1n) is 9.12. The van der Waals surface area contributed by atoms with E-state index in [9.17, 15) is 4.79 Å². The van der Waals surface area contributed by atoms with E-state index < -0.39 is 0 Å². The summed E-state index contributed by atoms with van der Waals surface area (Å²) < 4.78 is 0.448. The highest BCUT2D eigenvalue weighted by atomic mass is 79.9. The van der Waals surface area contributed by atoms with Crippen molar-refractivity contribution in [2.24, 2.45) is 11.7 Å². The van der Waals surface area contributed by atoms with Gasteiger partial charge in [-0.05, 0) is 60.3 Å². The molecule has 9 heteroatoms. The standard InChI is InChI=1S/C19H22BrN7O/c1-19(2,21)12-5-6-27(10-12)13-3-4-15(22-9-13)24-18-23-8-11-7-14(20)17(28)25-16(11)26-18/h3-4,7-9,12H,5-6,10,21H2,1-2H3,(H2,22,23,24,25,26,28). The summed E-state index contributed by atoms with van der Waals surface area (Å²) in [6.07, 6.45) is 4.58. The lowest BCUT2D eigenvalue weighted by molar-refractivity contribution is 0.348. The van der Waals surface area contributed by atoms with Crippen LogP contribution in [-0.4, -0.2) is 38.6 Å². The van der Waals surface area contributed by atoms with Crippen LogP contribution in [0.2, 0.25) is 0 Å². The van der Waals surface area contributed by atoms with Gasteiger partial charge in [0.25, 0.3) is 5.56 Å². The molecule has 0 aromatic carbocycles. The predicted octanol–water partition coefficient (Wildman–Crippen LogP) is 2.78. The minimum Gasteiger partial charge on any atom is -0.370 e. The maximum Gasteiger partial charge on any atom is 0.263 e. The first-order chi connectivity index (χ1) is 13.3. The van der Waals surface area contributed by atoms with Gasteiger partial charge in [-0.2, -0.15) is 4.98 Å². The van der Waals surface area contributed by atoms with Crippen LogP contribution in [-0.2, 0) is 0 Å². The summed E-state index contributed by atoms with van der Waals surface area (Å²) in [7, 11) is 0. The molecule has 4 heterocycles. The van der Waals surface area contributed by atoms with E-state index in [0.717, 1.165) is 30.6 Å². The van der Waals surface area contributed by atoms with Gasteiger partial charge in [-0.15, -0.1) is 0 Å². The number of hydrogen-bond donors (Lipinski definition) is 3. The number of rotatable bonds is 4. The first kappa shape index (κ1) is 18.8. The summed E-state index contributed by atoms with van der Waals surface area (Å²) in [5.41, 5.74) is 7.39. The van der Waals surface area contributed by atoms with Crippen molar-refractivity contribution in [3.63, 3.8) is 0 Å². The maximum absolute atomic E-state index is 11.7. The van der Waals surface area contributed by atoms with E-state index in [1.54, 1.807) is 12.3 Å². The van der Waals surface area contributed by atoms with Gasteiger partial charge in [0.1, 0.15) is 11.5 Å². The zero-order chi connectivity index (χ0) is 19.9. The van der Waals surface area contributed by atoms with E-state index in [0.29, 0.717) is 27.8 Å². The topological polar surface area (TPSA) is 113 Å². The van der Waals surface area contributed by atoms with Gasteiger partial charge >= 0.3 is 0 Å². The molecule has 1 atom stereocenters. The van der Waals surface area contributed by atoms with Crippen molar-refractivity contribution in [2.45, 2.75) is 25.8 Å². The largest absolute Gasteiger partial charge is 0.370 e. The predicted molar refractivity (Wildman–Crippen MR) is 114 cm³/mol. The molecule has 0 saturated carbocycles. The zero-order valence-corrected chi connectivity index (χ0v) is 17.3. The molecule has 1 fully saturated rings. The van der Waals surface area contributed by atoms with Crippen LogP contribution in [0, 0.1) is 5.92 Å². The Labute approximate surface area is 170 Å².